The Kier molecular flexibility index (Phi) is 5.75. The van der Waals surface area contributed by atoms with E-state index in [1.54, 1.807) is 4.90 Å². The van der Waals surface area contributed by atoms with Gasteiger partial charge in [-0.2, -0.15) is 0 Å². The van der Waals surface area contributed by atoms with Crippen molar-refractivity contribution in [1.29, 1.82) is 0 Å². The van der Waals surface area contributed by atoms with Gasteiger partial charge in [0.2, 0.25) is 11.8 Å². The maximum atomic E-state index is 12.0. The quantitative estimate of drug-likeness (QED) is 0.803. The van der Waals surface area contributed by atoms with Gasteiger partial charge in [0.05, 0.1) is 19.6 Å². The molecular weight excluding hydrogens is 268 g/mol. The van der Waals surface area contributed by atoms with E-state index in [1.807, 2.05) is 30.3 Å². The highest BCUT2D eigenvalue weighted by Gasteiger charge is 2.25. The molecule has 0 saturated carbocycles. The predicted octanol–water partition coefficient (Wildman–Crippen LogP) is 1.32. The predicted molar refractivity (Wildman–Crippen MR) is 79.2 cm³/mol. The van der Waals surface area contributed by atoms with E-state index in [-0.39, 0.29) is 17.7 Å². The van der Waals surface area contributed by atoms with E-state index in [0.717, 1.165) is 5.56 Å². The summed E-state index contributed by atoms with van der Waals surface area (Å²) in [5, 5.41) is 0. The molecule has 2 rings (SSSR count). The zero-order chi connectivity index (χ0) is 15.1. The summed E-state index contributed by atoms with van der Waals surface area (Å²) in [6, 6.07) is 9.88. The molecule has 1 aromatic rings. The minimum atomic E-state index is -0.256. The van der Waals surface area contributed by atoms with Gasteiger partial charge in [0.1, 0.15) is 0 Å². The number of amides is 2. The Balaban J connectivity index is 1.63. The molecular formula is C16H22N2O3. The monoisotopic (exact) mass is 290 g/mol. The summed E-state index contributed by atoms with van der Waals surface area (Å²) in [7, 11) is 0. The number of nitrogens with zero attached hydrogens (tertiary/aromatic N) is 1. The van der Waals surface area contributed by atoms with E-state index in [1.165, 1.54) is 0 Å². The number of likely N-dealkylation sites (tertiary alicyclic amines) is 1. The van der Waals surface area contributed by atoms with E-state index in [0.29, 0.717) is 45.6 Å². The molecule has 1 aliphatic rings. The number of nitrogens with two attached hydrogens (primary N) is 1. The third kappa shape index (κ3) is 4.86. The number of primary amides is 1. The van der Waals surface area contributed by atoms with Crippen LogP contribution in [-0.2, 0) is 20.9 Å². The molecule has 5 heteroatoms. The fourth-order valence-electron chi connectivity index (χ4n) is 2.50. The number of hydrogen-bond donors (Lipinski definition) is 1. The zero-order valence-electron chi connectivity index (χ0n) is 12.2. The number of rotatable bonds is 6. The molecule has 114 valence electrons. The molecule has 1 fully saturated rings. The van der Waals surface area contributed by atoms with Gasteiger partial charge in [-0.05, 0) is 18.4 Å². The van der Waals surface area contributed by atoms with Crippen LogP contribution in [0.5, 0.6) is 0 Å². The van der Waals surface area contributed by atoms with Gasteiger partial charge in [-0.1, -0.05) is 30.3 Å². The Hall–Kier alpha value is -1.88. The first-order valence-electron chi connectivity index (χ1n) is 7.35. The topological polar surface area (TPSA) is 72.6 Å². The number of benzene rings is 1. The van der Waals surface area contributed by atoms with Crippen LogP contribution in [-0.4, -0.2) is 36.4 Å². The lowest BCUT2D eigenvalue weighted by molar-refractivity contribution is -0.135. The number of carbonyl (C=O) groups excluding carboxylic acids is 2. The third-order valence-corrected chi connectivity index (χ3v) is 3.82. The molecule has 0 bridgehead atoms. The molecule has 0 radical (unpaired) electrons. The van der Waals surface area contributed by atoms with Gasteiger partial charge >= 0.3 is 0 Å². The van der Waals surface area contributed by atoms with Gasteiger partial charge in [-0.3, -0.25) is 9.59 Å². The normalized spacial score (nSPS) is 15.9. The summed E-state index contributed by atoms with van der Waals surface area (Å²) in [5.41, 5.74) is 6.38. The molecule has 0 aliphatic carbocycles. The molecule has 0 aromatic heterocycles. The molecule has 0 unspecified atom stereocenters. The molecule has 1 heterocycles. The summed E-state index contributed by atoms with van der Waals surface area (Å²) in [6.07, 6.45) is 1.73. The lowest BCUT2D eigenvalue weighted by Crippen LogP contribution is -2.42. The minimum absolute atomic E-state index is 0.0802. The Bertz CT molecular complexity index is 468. The Morgan fingerprint density at radius 2 is 1.86 bits per heavy atom. The highest BCUT2D eigenvalue weighted by molar-refractivity contribution is 5.78. The summed E-state index contributed by atoms with van der Waals surface area (Å²) in [4.78, 5) is 24.9. The van der Waals surface area contributed by atoms with Crippen molar-refractivity contribution in [2.75, 3.05) is 19.7 Å². The molecule has 1 aromatic carbocycles. The van der Waals surface area contributed by atoms with Crippen LogP contribution < -0.4 is 5.73 Å². The van der Waals surface area contributed by atoms with Crippen LogP contribution in [0.3, 0.4) is 0 Å². The van der Waals surface area contributed by atoms with Gasteiger partial charge in [0.15, 0.2) is 0 Å². The Labute approximate surface area is 125 Å². The van der Waals surface area contributed by atoms with Gasteiger partial charge < -0.3 is 15.4 Å². The molecule has 2 amide bonds. The second-order valence-corrected chi connectivity index (χ2v) is 5.35. The lowest BCUT2D eigenvalue weighted by Gasteiger charge is -2.30. The van der Waals surface area contributed by atoms with Crippen molar-refractivity contribution in [2.45, 2.75) is 25.9 Å². The van der Waals surface area contributed by atoms with E-state index >= 15 is 0 Å². The fourth-order valence-corrected chi connectivity index (χ4v) is 2.50. The van der Waals surface area contributed by atoms with E-state index < -0.39 is 0 Å². The van der Waals surface area contributed by atoms with Gasteiger partial charge in [0, 0.05) is 19.0 Å². The van der Waals surface area contributed by atoms with Gasteiger partial charge in [0.25, 0.3) is 0 Å². The van der Waals surface area contributed by atoms with Crippen LogP contribution in [0.1, 0.15) is 24.8 Å². The van der Waals surface area contributed by atoms with E-state index in [2.05, 4.69) is 0 Å². The minimum Gasteiger partial charge on any atom is -0.376 e. The van der Waals surface area contributed by atoms with Crippen molar-refractivity contribution in [3.05, 3.63) is 35.9 Å². The summed E-state index contributed by atoms with van der Waals surface area (Å²) in [6.45, 7) is 2.18. The van der Waals surface area contributed by atoms with Crippen LogP contribution in [0.15, 0.2) is 30.3 Å². The molecule has 5 nitrogen and oxygen atoms in total. The summed E-state index contributed by atoms with van der Waals surface area (Å²) >= 11 is 0. The first-order chi connectivity index (χ1) is 10.2. The summed E-state index contributed by atoms with van der Waals surface area (Å²) < 4.78 is 5.52. The van der Waals surface area contributed by atoms with Crippen LogP contribution in [0.2, 0.25) is 0 Å². The average molecular weight is 290 g/mol. The van der Waals surface area contributed by atoms with Crippen LogP contribution in [0, 0.1) is 5.92 Å². The van der Waals surface area contributed by atoms with Crippen molar-refractivity contribution in [1.82, 2.24) is 4.90 Å². The first kappa shape index (κ1) is 15.5. The standard InChI is InChI=1S/C16H22N2O3/c17-16(20)14-6-9-18(10-7-14)15(19)8-11-21-12-13-4-2-1-3-5-13/h1-5,14H,6-12H2,(H2,17,20). The van der Waals surface area contributed by atoms with Crippen LogP contribution in [0.25, 0.3) is 0 Å². The van der Waals surface area contributed by atoms with E-state index in [4.69, 9.17) is 10.5 Å². The second-order valence-electron chi connectivity index (χ2n) is 5.35. The lowest BCUT2D eigenvalue weighted by atomic mass is 9.96. The Morgan fingerprint density at radius 1 is 1.19 bits per heavy atom. The summed E-state index contributed by atoms with van der Waals surface area (Å²) in [5.74, 6) is -0.248. The molecule has 0 atom stereocenters. The van der Waals surface area contributed by atoms with Crippen molar-refractivity contribution < 1.29 is 14.3 Å². The van der Waals surface area contributed by atoms with Gasteiger partial charge in [-0.15, -0.1) is 0 Å². The van der Waals surface area contributed by atoms with Crippen LogP contribution >= 0.6 is 0 Å². The first-order valence-corrected chi connectivity index (χ1v) is 7.35. The Morgan fingerprint density at radius 3 is 2.48 bits per heavy atom. The zero-order valence-corrected chi connectivity index (χ0v) is 12.2. The maximum absolute atomic E-state index is 12.0. The molecule has 0 spiro atoms. The highest BCUT2D eigenvalue weighted by atomic mass is 16.5. The fraction of sp³-hybridized carbons (Fsp3) is 0.500. The maximum Gasteiger partial charge on any atom is 0.224 e. The largest absolute Gasteiger partial charge is 0.376 e. The molecule has 21 heavy (non-hydrogen) atoms. The smallest absolute Gasteiger partial charge is 0.224 e. The number of ether oxygens (including phenoxy) is 1. The molecule has 1 saturated heterocycles. The van der Waals surface area contributed by atoms with E-state index in [9.17, 15) is 9.59 Å². The number of carbonyl (C=O) groups is 2. The average Bonchev–Trinajstić information content (AvgIpc) is 2.52. The van der Waals surface area contributed by atoms with Crippen molar-refractivity contribution >= 4 is 11.8 Å². The second kappa shape index (κ2) is 7.78. The van der Waals surface area contributed by atoms with Gasteiger partial charge in [-0.25, -0.2) is 0 Å². The third-order valence-electron chi connectivity index (χ3n) is 3.82. The van der Waals surface area contributed by atoms with Crippen molar-refractivity contribution in [2.24, 2.45) is 11.7 Å². The SMILES string of the molecule is NC(=O)C1CCN(C(=O)CCOCc2ccccc2)CC1. The van der Waals surface area contributed by atoms with Crippen molar-refractivity contribution in [3.8, 4) is 0 Å². The molecule has 2 N–H and O–H groups in total. The molecule has 1 aliphatic heterocycles. The van der Waals surface area contributed by atoms with Crippen LogP contribution in [0.4, 0.5) is 0 Å². The highest BCUT2D eigenvalue weighted by Crippen LogP contribution is 2.17. The number of hydrogen-bond acceptors (Lipinski definition) is 3. The number of piperidine rings is 1. The van der Waals surface area contributed by atoms with Crippen molar-refractivity contribution in [3.63, 3.8) is 0 Å².